The Morgan fingerprint density at radius 3 is 2.87 bits per heavy atom. The summed E-state index contributed by atoms with van der Waals surface area (Å²) in [6.07, 6.45) is 2.28. The van der Waals surface area contributed by atoms with Crippen LogP contribution in [0.25, 0.3) is 10.9 Å². The van der Waals surface area contributed by atoms with Crippen molar-refractivity contribution in [1.29, 1.82) is 0 Å². The van der Waals surface area contributed by atoms with Crippen LogP contribution in [0.5, 0.6) is 0 Å². The van der Waals surface area contributed by atoms with Gasteiger partial charge in [0.15, 0.2) is 0 Å². The highest BCUT2D eigenvalue weighted by atomic mass is 32.1. The Morgan fingerprint density at radius 2 is 2.13 bits per heavy atom. The predicted octanol–water partition coefficient (Wildman–Crippen LogP) is 2.53. The Labute approximate surface area is 94.9 Å². The van der Waals surface area contributed by atoms with Gasteiger partial charge in [0.25, 0.3) is 0 Å². The number of aliphatic hydroxyl groups is 1. The summed E-state index contributed by atoms with van der Waals surface area (Å²) in [5.41, 5.74) is 2.16. The van der Waals surface area contributed by atoms with Gasteiger partial charge < -0.3 is 9.67 Å². The van der Waals surface area contributed by atoms with Crippen molar-refractivity contribution in [2.45, 2.75) is 12.5 Å². The number of fused-ring (bicyclic) bond motifs is 1. The lowest BCUT2D eigenvalue weighted by atomic mass is 10.1. The fraction of sp³-hybridized carbons (Fsp3) is 0.333. The van der Waals surface area contributed by atoms with Gasteiger partial charge in [0, 0.05) is 29.7 Å². The summed E-state index contributed by atoms with van der Waals surface area (Å²) in [6, 6.07) is 8.12. The third-order valence-corrected chi connectivity index (χ3v) is 2.95. The van der Waals surface area contributed by atoms with Gasteiger partial charge in [0.2, 0.25) is 0 Å². The molecular formula is C12H15NOS. The normalized spacial score (nSPS) is 13.3. The van der Waals surface area contributed by atoms with Gasteiger partial charge in [-0.25, -0.2) is 0 Å². The van der Waals surface area contributed by atoms with Crippen molar-refractivity contribution in [2.75, 3.05) is 5.75 Å². The summed E-state index contributed by atoms with van der Waals surface area (Å²) in [6.45, 7) is 0. The van der Waals surface area contributed by atoms with Crippen LogP contribution in [-0.4, -0.2) is 15.4 Å². The lowest BCUT2D eigenvalue weighted by Gasteiger charge is -2.06. The second-order valence-electron chi connectivity index (χ2n) is 3.74. The van der Waals surface area contributed by atoms with Gasteiger partial charge in [-0.05, 0) is 18.2 Å². The molecule has 80 valence electrons. The molecule has 0 spiro atoms. The fourth-order valence-corrected chi connectivity index (χ4v) is 2.16. The summed E-state index contributed by atoms with van der Waals surface area (Å²) < 4.78 is 2.05. The Hall–Kier alpha value is -0.930. The SMILES string of the molecule is Cn1cc(C(O)CCS)c2ccccc21. The molecule has 0 amide bonds. The van der Waals surface area contributed by atoms with Crippen LogP contribution in [-0.2, 0) is 7.05 Å². The Morgan fingerprint density at radius 1 is 1.40 bits per heavy atom. The number of para-hydroxylation sites is 1. The number of hydrogen-bond donors (Lipinski definition) is 2. The van der Waals surface area contributed by atoms with Crippen molar-refractivity contribution in [3.63, 3.8) is 0 Å². The highest BCUT2D eigenvalue weighted by Crippen LogP contribution is 2.27. The molecule has 0 aliphatic rings. The molecule has 15 heavy (non-hydrogen) atoms. The van der Waals surface area contributed by atoms with Gasteiger partial charge in [-0.3, -0.25) is 0 Å². The molecule has 2 aromatic rings. The molecule has 0 fully saturated rings. The summed E-state index contributed by atoms with van der Waals surface area (Å²) >= 11 is 4.14. The third-order valence-electron chi connectivity index (χ3n) is 2.69. The van der Waals surface area contributed by atoms with Crippen LogP contribution >= 0.6 is 12.6 Å². The maximum Gasteiger partial charge on any atom is 0.0818 e. The minimum atomic E-state index is -0.409. The zero-order valence-electron chi connectivity index (χ0n) is 8.72. The molecule has 0 aliphatic heterocycles. The number of hydrogen-bond acceptors (Lipinski definition) is 2. The Bertz CT molecular complexity index is 464. The second-order valence-corrected chi connectivity index (χ2v) is 4.19. The molecule has 1 aromatic heterocycles. The van der Waals surface area contributed by atoms with Gasteiger partial charge >= 0.3 is 0 Å². The summed E-state index contributed by atoms with van der Waals surface area (Å²) in [4.78, 5) is 0. The number of nitrogens with zero attached hydrogens (tertiary/aromatic N) is 1. The van der Waals surface area contributed by atoms with Crippen LogP contribution in [0.1, 0.15) is 18.1 Å². The second kappa shape index (κ2) is 4.29. The van der Waals surface area contributed by atoms with Crippen LogP contribution in [0.3, 0.4) is 0 Å². The van der Waals surface area contributed by atoms with Crippen molar-refractivity contribution in [2.24, 2.45) is 7.05 Å². The zero-order valence-corrected chi connectivity index (χ0v) is 9.61. The average Bonchev–Trinajstić information content (AvgIpc) is 2.58. The van der Waals surface area contributed by atoms with E-state index in [1.807, 2.05) is 36.0 Å². The van der Waals surface area contributed by atoms with Gasteiger partial charge in [0.05, 0.1) is 6.10 Å². The van der Waals surface area contributed by atoms with Crippen molar-refractivity contribution in [3.8, 4) is 0 Å². The highest BCUT2D eigenvalue weighted by molar-refractivity contribution is 7.80. The topological polar surface area (TPSA) is 25.2 Å². The molecule has 1 aromatic carbocycles. The fourth-order valence-electron chi connectivity index (χ4n) is 1.92. The lowest BCUT2D eigenvalue weighted by Crippen LogP contribution is -1.96. The summed E-state index contributed by atoms with van der Waals surface area (Å²) in [5.74, 6) is 0.699. The Balaban J connectivity index is 2.52. The lowest BCUT2D eigenvalue weighted by molar-refractivity contribution is 0.176. The number of thiol groups is 1. The quantitative estimate of drug-likeness (QED) is 0.765. The van der Waals surface area contributed by atoms with E-state index in [1.54, 1.807) is 0 Å². The van der Waals surface area contributed by atoms with Crippen molar-refractivity contribution >= 4 is 23.5 Å². The molecule has 0 radical (unpaired) electrons. The minimum absolute atomic E-state index is 0.409. The van der Waals surface area contributed by atoms with Crippen LogP contribution in [0.4, 0.5) is 0 Å². The molecule has 2 rings (SSSR count). The maximum absolute atomic E-state index is 9.97. The number of aromatic nitrogens is 1. The van der Waals surface area contributed by atoms with Gasteiger partial charge in [-0.1, -0.05) is 18.2 Å². The van der Waals surface area contributed by atoms with E-state index in [-0.39, 0.29) is 0 Å². The molecule has 1 unspecified atom stereocenters. The van der Waals surface area contributed by atoms with E-state index >= 15 is 0 Å². The Kier molecular flexibility index (Phi) is 3.03. The first-order valence-electron chi connectivity index (χ1n) is 5.07. The van der Waals surface area contributed by atoms with Gasteiger partial charge in [0.1, 0.15) is 0 Å². The van der Waals surface area contributed by atoms with Crippen LogP contribution in [0.15, 0.2) is 30.5 Å². The molecule has 1 atom stereocenters. The molecular weight excluding hydrogens is 206 g/mol. The summed E-state index contributed by atoms with van der Waals surface area (Å²) in [7, 11) is 2.00. The molecule has 1 N–H and O–H groups in total. The first-order chi connectivity index (χ1) is 7.24. The number of rotatable bonds is 3. The van der Waals surface area contributed by atoms with Crippen molar-refractivity contribution < 1.29 is 5.11 Å². The largest absolute Gasteiger partial charge is 0.388 e. The average molecular weight is 221 g/mol. The van der Waals surface area contributed by atoms with E-state index in [0.717, 1.165) is 16.5 Å². The predicted molar refractivity (Wildman–Crippen MR) is 66.3 cm³/mol. The van der Waals surface area contributed by atoms with Crippen molar-refractivity contribution in [3.05, 3.63) is 36.0 Å². The standard InChI is InChI=1S/C12H15NOS/c1-13-8-10(12(14)6-7-15)9-4-2-3-5-11(9)13/h2-5,8,12,14-15H,6-7H2,1H3. The third kappa shape index (κ3) is 1.90. The van der Waals surface area contributed by atoms with Crippen LogP contribution in [0, 0.1) is 0 Å². The monoisotopic (exact) mass is 221 g/mol. The van der Waals surface area contributed by atoms with Gasteiger partial charge in [-0.2, -0.15) is 12.6 Å². The molecule has 0 saturated heterocycles. The smallest absolute Gasteiger partial charge is 0.0818 e. The van der Waals surface area contributed by atoms with E-state index in [9.17, 15) is 5.11 Å². The molecule has 0 saturated carbocycles. The van der Waals surface area contributed by atoms with E-state index in [0.29, 0.717) is 12.2 Å². The van der Waals surface area contributed by atoms with E-state index in [2.05, 4.69) is 18.7 Å². The summed E-state index contributed by atoms with van der Waals surface area (Å²) in [5, 5.41) is 11.1. The van der Waals surface area contributed by atoms with Gasteiger partial charge in [-0.15, -0.1) is 0 Å². The van der Waals surface area contributed by atoms with E-state index in [4.69, 9.17) is 0 Å². The first kappa shape index (κ1) is 10.6. The first-order valence-corrected chi connectivity index (χ1v) is 5.70. The van der Waals surface area contributed by atoms with Crippen LogP contribution < -0.4 is 0 Å². The van der Waals surface area contributed by atoms with Crippen molar-refractivity contribution in [1.82, 2.24) is 4.57 Å². The highest BCUT2D eigenvalue weighted by Gasteiger charge is 2.13. The van der Waals surface area contributed by atoms with Crippen LogP contribution in [0.2, 0.25) is 0 Å². The number of benzene rings is 1. The molecule has 2 nitrogen and oxygen atoms in total. The maximum atomic E-state index is 9.97. The van der Waals surface area contributed by atoms with E-state index < -0.39 is 6.10 Å². The number of aliphatic hydroxyl groups excluding tert-OH is 1. The number of aryl methyl sites for hydroxylation is 1. The molecule has 1 heterocycles. The molecule has 0 bridgehead atoms. The zero-order chi connectivity index (χ0) is 10.8. The van der Waals surface area contributed by atoms with E-state index in [1.165, 1.54) is 0 Å². The minimum Gasteiger partial charge on any atom is -0.388 e. The molecule has 0 aliphatic carbocycles. The molecule has 3 heteroatoms.